The summed E-state index contributed by atoms with van der Waals surface area (Å²) in [4.78, 5) is -0.124. The molecule has 1 aliphatic rings. The van der Waals surface area contributed by atoms with Crippen molar-refractivity contribution in [3.05, 3.63) is 95.0 Å². The molecule has 1 heterocycles. The van der Waals surface area contributed by atoms with Gasteiger partial charge in [-0.15, -0.1) is 0 Å². The zero-order valence-corrected chi connectivity index (χ0v) is 16.4. The van der Waals surface area contributed by atoms with E-state index in [9.17, 15) is 13.0 Å². The lowest BCUT2D eigenvalue weighted by molar-refractivity contribution is 0.483. The Morgan fingerprint density at radius 3 is 2.14 bits per heavy atom. The van der Waals surface area contributed by atoms with Crippen molar-refractivity contribution in [2.45, 2.75) is 23.4 Å². The van der Waals surface area contributed by atoms with Crippen LogP contribution in [0.15, 0.2) is 83.8 Å². The van der Waals surface area contributed by atoms with Crippen LogP contribution in [0.2, 0.25) is 5.02 Å². The smallest absolute Gasteiger partial charge is 0.294 e. The molecule has 28 heavy (non-hydrogen) atoms. The van der Waals surface area contributed by atoms with E-state index in [4.69, 9.17) is 11.6 Å². The number of hydrazine groups is 1. The number of nitrogens with one attached hydrogen (secondary N) is 1. The molecule has 144 valence electrons. The lowest BCUT2D eigenvalue weighted by atomic mass is 9.97. The first-order chi connectivity index (χ1) is 13.4. The number of anilines is 1. The van der Waals surface area contributed by atoms with Crippen molar-refractivity contribution in [1.29, 1.82) is 0 Å². The van der Waals surface area contributed by atoms with E-state index < -0.39 is 10.1 Å². The molecule has 1 aliphatic heterocycles. The molecule has 3 aromatic carbocycles. The SMILES string of the molecule is O=S(=O)(O)c1ccc(N2NC(c3ccc(Cl)cc3)CC2c2ccccc2)cc1. The number of hydrogen-bond acceptors (Lipinski definition) is 4. The van der Waals surface area contributed by atoms with Crippen molar-refractivity contribution in [3.8, 4) is 0 Å². The molecule has 0 amide bonds. The Kier molecular flexibility index (Phi) is 5.12. The molecule has 5 nitrogen and oxygen atoms in total. The first-order valence-electron chi connectivity index (χ1n) is 8.85. The van der Waals surface area contributed by atoms with Gasteiger partial charge in [0.05, 0.1) is 22.7 Å². The van der Waals surface area contributed by atoms with Crippen LogP contribution in [0.5, 0.6) is 0 Å². The summed E-state index contributed by atoms with van der Waals surface area (Å²) in [5.74, 6) is 0. The third-order valence-corrected chi connectivity index (χ3v) is 6.05. The average Bonchev–Trinajstić information content (AvgIpc) is 3.14. The number of rotatable bonds is 4. The monoisotopic (exact) mass is 414 g/mol. The first-order valence-corrected chi connectivity index (χ1v) is 10.7. The molecule has 3 aromatic rings. The largest absolute Gasteiger partial charge is 0.300 e. The van der Waals surface area contributed by atoms with Crippen LogP contribution >= 0.6 is 11.6 Å². The molecule has 0 bridgehead atoms. The van der Waals surface area contributed by atoms with E-state index in [1.165, 1.54) is 12.1 Å². The Morgan fingerprint density at radius 1 is 0.893 bits per heavy atom. The lowest BCUT2D eigenvalue weighted by Gasteiger charge is -2.27. The highest BCUT2D eigenvalue weighted by molar-refractivity contribution is 7.85. The van der Waals surface area contributed by atoms with Crippen molar-refractivity contribution in [2.24, 2.45) is 0 Å². The van der Waals surface area contributed by atoms with Gasteiger partial charge >= 0.3 is 0 Å². The molecule has 2 unspecified atom stereocenters. The molecule has 0 aliphatic carbocycles. The van der Waals surface area contributed by atoms with E-state index in [-0.39, 0.29) is 17.0 Å². The van der Waals surface area contributed by atoms with Crippen LogP contribution in [0.25, 0.3) is 0 Å². The molecule has 2 atom stereocenters. The van der Waals surface area contributed by atoms with Crippen LogP contribution in [0.3, 0.4) is 0 Å². The van der Waals surface area contributed by atoms with Gasteiger partial charge in [0, 0.05) is 5.02 Å². The molecule has 4 rings (SSSR count). The van der Waals surface area contributed by atoms with Gasteiger partial charge in [-0.2, -0.15) is 8.42 Å². The third-order valence-electron chi connectivity index (χ3n) is 4.94. The fourth-order valence-electron chi connectivity index (χ4n) is 3.54. The topological polar surface area (TPSA) is 69.6 Å². The summed E-state index contributed by atoms with van der Waals surface area (Å²) >= 11 is 6.02. The van der Waals surface area contributed by atoms with E-state index in [1.807, 2.05) is 47.5 Å². The Labute approximate surface area is 169 Å². The summed E-state index contributed by atoms with van der Waals surface area (Å²) < 4.78 is 31.9. The number of benzene rings is 3. The fourth-order valence-corrected chi connectivity index (χ4v) is 4.14. The summed E-state index contributed by atoms with van der Waals surface area (Å²) in [5, 5.41) is 2.74. The van der Waals surface area contributed by atoms with Crippen LogP contribution in [-0.2, 0) is 10.1 Å². The maximum Gasteiger partial charge on any atom is 0.294 e. The molecule has 7 heteroatoms. The summed E-state index contributed by atoms with van der Waals surface area (Å²) in [6.07, 6.45) is 0.839. The van der Waals surface area contributed by atoms with Crippen molar-refractivity contribution >= 4 is 27.4 Å². The Bertz CT molecular complexity index is 1060. The maximum atomic E-state index is 11.3. The molecular formula is C21H19ClN2O3S. The van der Waals surface area contributed by atoms with Gasteiger partial charge in [-0.05, 0) is 53.9 Å². The number of nitrogens with zero attached hydrogens (tertiary/aromatic N) is 1. The van der Waals surface area contributed by atoms with Gasteiger partial charge in [0.25, 0.3) is 10.1 Å². The first kappa shape index (κ1) is 19.0. The Hall–Kier alpha value is -2.38. The highest BCUT2D eigenvalue weighted by Crippen LogP contribution is 2.40. The van der Waals surface area contributed by atoms with Crippen molar-refractivity contribution in [3.63, 3.8) is 0 Å². The van der Waals surface area contributed by atoms with E-state index >= 15 is 0 Å². The van der Waals surface area contributed by atoms with E-state index in [1.54, 1.807) is 12.1 Å². The minimum atomic E-state index is -4.22. The fraction of sp³-hybridized carbons (Fsp3) is 0.143. The van der Waals surface area contributed by atoms with Crippen LogP contribution in [-0.4, -0.2) is 13.0 Å². The van der Waals surface area contributed by atoms with Gasteiger partial charge in [-0.1, -0.05) is 54.1 Å². The second kappa shape index (κ2) is 7.56. The summed E-state index contributed by atoms with van der Waals surface area (Å²) in [7, 11) is -4.22. The van der Waals surface area contributed by atoms with Gasteiger partial charge in [-0.3, -0.25) is 4.55 Å². The maximum absolute atomic E-state index is 11.3. The standard InChI is InChI=1S/C21H19ClN2O3S/c22-17-8-6-15(7-9-17)20-14-21(16-4-2-1-3-5-16)24(23-20)18-10-12-19(13-11-18)28(25,26)27/h1-13,20-21,23H,14H2,(H,25,26,27). The van der Waals surface area contributed by atoms with E-state index in [0.29, 0.717) is 5.02 Å². The average molecular weight is 415 g/mol. The van der Waals surface area contributed by atoms with Crippen LogP contribution < -0.4 is 10.4 Å². The normalized spacial score (nSPS) is 19.7. The molecular weight excluding hydrogens is 396 g/mol. The Morgan fingerprint density at radius 2 is 1.54 bits per heavy atom. The van der Waals surface area contributed by atoms with Crippen LogP contribution in [0.4, 0.5) is 5.69 Å². The second-order valence-electron chi connectivity index (χ2n) is 6.73. The molecule has 2 N–H and O–H groups in total. The molecule has 0 radical (unpaired) electrons. The molecule has 1 fully saturated rings. The van der Waals surface area contributed by atoms with Gasteiger partial charge in [0.15, 0.2) is 0 Å². The Balaban J connectivity index is 1.69. The molecule has 0 aromatic heterocycles. The summed E-state index contributed by atoms with van der Waals surface area (Å²) in [5.41, 5.74) is 6.63. The van der Waals surface area contributed by atoms with Crippen LogP contribution in [0, 0.1) is 0 Å². The summed E-state index contributed by atoms with van der Waals surface area (Å²) in [6.45, 7) is 0. The van der Waals surface area contributed by atoms with Gasteiger partial charge in [0.2, 0.25) is 0 Å². The van der Waals surface area contributed by atoms with Crippen molar-refractivity contribution in [2.75, 3.05) is 5.01 Å². The van der Waals surface area contributed by atoms with Crippen molar-refractivity contribution < 1.29 is 13.0 Å². The minimum absolute atomic E-state index is 0.0680. The molecule has 0 spiro atoms. The van der Waals surface area contributed by atoms with Gasteiger partial charge in [0.1, 0.15) is 0 Å². The number of hydrogen-bond donors (Lipinski definition) is 2. The lowest BCUT2D eigenvalue weighted by Crippen LogP contribution is -2.34. The third kappa shape index (κ3) is 3.91. The quantitative estimate of drug-likeness (QED) is 0.601. The highest BCUT2D eigenvalue weighted by atomic mass is 35.5. The zero-order chi connectivity index (χ0) is 19.7. The van der Waals surface area contributed by atoms with E-state index in [0.717, 1.165) is 23.2 Å². The summed E-state index contributed by atoms with van der Waals surface area (Å²) in [6, 6.07) is 24.3. The minimum Gasteiger partial charge on any atom is -0.300 e. The molecule has 1 saturated heterocycles. The van der Waals surface area contributed by atoms with Gasteiger partial charge < -0.3 is 5.01 Å². The van der Waals surface area contributed by atoms with Crippen LogP contribution in [0.1, 0.15) is 29.6 Å². The van der Waals surface area contributed by atoms with E-state index in [2.05, 4.69) is 17.6 Å². The highest BCUT2D eigenvalue weighted by Gasteiger charge is 2.34. The van der Waals surface area contributed by atoms with Crippen molar-refractivity contribution in [1.82, 2.24) is 5.43 Å². The predicted molar refractivity (Wildman–Crippen MR) is 110 cm³/mol. The number of halogens is 1. The molecule has 0 saturated carbocycles. The van der Waals surface area contributed by atoms with Gasteiger partial charge in [-0.25, -0.2) is 5.43 Å². The zero-order valence-electron chi connectivity index (χ0n) is 14.9. The second-order valence-corrected chi connectivity index (χ2v) is 8.59. The predicted octanol–water partition coefficient (Wildman–Crippen LogP) is 4.78.